The number of amides is 3. The molecule has 0 spiro atoms. The summed E-state index contributed by atoms with van der Waals surface area (Å²) in [6.45, 7) is -0.644. The number of nitrogens with one attached hydrogen (secondary N) is 1. The van der Waals surface area contributed by atoms with E-state index in [1.807, 2.05) is 0 Å². The highest BCUT2D eigenvalue weighted by atomic mass is 35.5. The summed E-state index contributed by atoms with van der Waals surface area (Å²) >= 11 is 5.86. The van der Waals surface area contributed by atoms with E-state index in [0.717, 1.165) is 4.90 Å². The number of likely N-dealkylation sites (tertiary alicyclic amines) is 1. The second kappa shape index (κ2) is 10.5. The zero-order chi connectivity index (χ0) is 27.7. The van der Waals surface area contributed by atoms with Crippen LogP contribution in [0.25, 0.3) is 22.0 Å². The number of primary amides is 1. The largest absolute Gasteiger partial charge is 0.364 e. The molecule has 3 aromatic heterocycles. The minimum atomic E-state index is -1.40. The molecule has 14 heteroatoms. The molecule has 1 aliphatic rings. The van der Waals surface area contributed by atoms with Crippen LogP contribution in [0.15, 0.2) is 48.8 Å². The van der Waals surface area contributed by atoms with Crippen molar-refractivity contribution < 1.29 is 23.6 Å². The molecule has 3 amide bonds. The minimum Gasteiger partial charge on any atom is -0.364 e. The van der Waals surface area contributed by atoms with Gasteiger partial charge in [0, 0.05) is 29.8 Å². The van der Waals surface area contributed by atoms with E-state index >= 15 is 0 Å². The van der Waals surface area contributed by atoms with Crippen molar-refractivity contribution in [3.63, 3.8) is 0 Å². The summed E-state index contributed by atoms with van der Waals surface area (Å²) in [5.41, 5.74) is 7.10. The first-order valence-corrected chi connectivity index (χ1v) is 12.1. The average molecular weight is 551 g/mol. The lowest BCUT2D eigenvalue weighted by Gasteiger charge is -2.23. The van der Waals surface area contributed by atoms with Crippen LogP contribution in [0.1, 0.15) is 27.5 Å². The maximum atomic E-state index is 14.4. The summed E-state index contributed by atoms with van der Waals surface area (Å²) < 4.78 is 15.7. The van der Waals surface area contributed by atoms with Crippen LogP contribution < -0.4 is 11.1 Å². The summed E-state index contributed by atoms with van der Waals surface area (Å²) in [5, 5.41) is 7.33. The second-order valence-corrected chi connectivity index (χ2v) is 9.17. The minimum absolute atomic E-state index is 0.0252. The number of fused-ring (bicyclic) bond motifs is 1. The number of carbonyl (C=O) groups excluding carboxylic acids is 4. The fourth-order valence-corrected chi connectivity index (χ4v) is 4.59. The van der Waals surface area contributed by atoms with Crippen LogP contribution in [0, 0.1) is 0 Å². The van der Waals surface area contributed by atoms with Gasteiger partial charge in [0.25, 0.3) is 5.91 Å². The monoisotopic (exact) mass is 550 g/mol. The number of hydrogen-bond donors (Lipinski definition) is 2. The first-order valence-electron chi connectivity index (χ1n) is 11.7. The fourth-order valence-electron chi connectivity index (χ4n) is 4.42. The standard InChI is InChI=1S/C25H20ClFN8O4/c26-19-2-1-3-20(31-19)32-25(39)18-7-15(27)10-34(18)22(37)11-35-17-5-4-13(6-16(17)23(33-35)24(28)38)14-8-29-21(12-36)30-9-14/h1-6,8-9,12,15,18H,7,10-11H2,(H2,28,38)(H,31,32,39)/t15-,18+/m1/s1. The Labute approximate surface area is 225 Å². The number of alkyl halides is 1. The molecule has 1 aromatic carbocycles. The van der Waals surface area contributed by atoms with Gasteiger partial charge >= 0.3 is 0 Å². The third-order valence-electron chi connectivity index (χ3n) is 6.22. The van der Waals surface area contributed by atoms with E-state index in [1.165, 1.54) is 29.2 Å². The predicted octanol–water partition coefficient (Wildman–Crippen LogP) is 2.03. The predicted molar refractivity (Wildman–Crippen MR) is 138 cm³/mol. The fraction of sp³-hybridized carbons (Fsp3) is 0.200. The van der Waals surface area contributed by atoms with Crippen molar-refractivity contribution >= 4 is 52.3 Å². The van der Waals surface area contributed by atoms with Gasteiger partial charge < -0.3 is 16.0 Å². The summed E-state index contributed by atoms with van der Waals surface area (Å²) in [4.78, 5) is 62.2. The van der Waals surface area contributed by atoms with Crippen molar-refractivity contribution in [3.8, 4) is 11.1 Å². The zero-order valence-corrected chi connectivity index (χ0v) is 20.9. The molecule has 39 heavy (non-hydrogen) atoms. The lowest BCUT2D eigenvalue weighted by atomic mass is 10.1. The highest BCUT2D eigenvalue weighted by molar-refractivity contribution is 6.29. The van der Waals surface area contributed by atoms with E-state index in [0.29, 0.717) is 28.3 Å². The molecular weight excluding hydrogens is 531 g/mol. The molecule has 3 N–H and O–H groups in total. The van der Waals surface area contributed by atoms with E-state index in [-0.39, 0.29) is 42.0 Å². The van der Waals surface area contributed by atoms with Gasteiger partial charge in [0.2, 0.25) is 11.8 Å². The number of aldehydes is 1. The van der Waals surface area contributed by atoms with Crippen molar-refractivity contribution in [3.05, 3.63) is 65.5 Å². The van der Waals surface area contributed by atoms with Gasteiger partial charge in [-0.25, -0.2) is 19.3 Å². The van der Waals surface area contributed by atoms with Gasteiger partial charge in [-0.15, -0.1) is 0 Å². The lowest BCUT2D eigenvalue weighted by molar-refractivity contribution is -0.137. The number of nitrogens with two attached hydrogens (primary N) is 1. The highest BCUT2D eigenvalue weighted by Crippen LogP contribution is 2.27. The van der Waals surface area contributed by atoms with Crippen LogP contribution in [-0.2, 0) is 16.1 Å². The van der Waals surface area contributed by atoms with Gasteiger partial charge in [0.05, 0.1) is 12.1 Å². The van der Waals surface area contributed by atoms with E-state index in [9.17, 15) is 23.6 Å². The highest BCUT2D eigenvalue weighted by Gasteiger charge is 2.40. The zero-order valence-electron chi connectivity index (χ0n) is 20.1. The molecular formula is C25H20ClFN8O4. The average Bonchev–Trinajstić information content (AvgIpc) is 3.49. The molecule has 4 heterocycles. The van der Waals surface area contributed by atoms with Gasteiger partial charge in [0.15, 0.2) is 17.8 Å². The van der Waals surface area contributed by atoms with Gasteiger partial charge in [-0.05, 0) is 29.8 Å². The van der Waals surface area contributed by atoms with E-state index in [1.54, 1.807) is 24.3 Å². The lowest BCUT2D eigenvalue weighted by Crippen LogP contribution is -2.44. The first-order chi connectivity index (χ1) is 18.7. The number of aromatic nitrogens is 5. The molecule has 0 unspecified atom stereocenters. The molecule has 4 aromatic rings. The van der Waals surface area contributed by atoms with E-state index in [2.05, 4.69) is 25.4 Å². The number of halogens is 2. The number of anilines is 1. The quantitative estimate of drug-likeness (QED) is 0.260. The number of rotatable bonds is 7. The molecule has 5 rings (SSSR count). The Hall–Kier alpha value is -4.78. The SMILES string of the molecule is NC(=O)c1nn(CC(=O)N2C[C@H](F)C[C@H]2C(=O)Nc2cccc(Cl)n2)c2ccc(-c3cnc(C=O)nc3)cc12. The molecule has 198 valence electrons. The van der Waals surface area contributed by atoms with Crippen LogP contribution in [0.2, 0.25) is 5.15 Å². The molecule has 0 bridgehead atoms. The topological polar surface area (TPSA) is 166 Å². The molecule has 1 fully saturated rings. The Bertz CT molecular complexity index is 1610. The number of nitrogens with zero attached hydrogens (tertiary/aromatic N) is 6. The maximum Gasteiger partial charge on any atom is 0.269 e. The van der Waals surface area contributed by atoms with Crippen molar-refractivity contribution in [2.24, 2.45) is 5.73 Å². The third-order valence-corrected chi connectivity index (χ3v) is 6.43. The van der Waals surface area contributed by atoms with Crippen molar-refractivity contribution in [1.29, 1.82) is 0 Å². The Morgan fingerprint density at radius 2 is 1.92 bits per heavy atom. The molecule has 0 aliphatic carbocycles. The Kier molecular flexibility index (Phi) is 6.98. The van der Waals surface area contributed by atoms with Crippen LogP contribution in [0.3, 0.4) is 0 Å². The van der Waals surface area contributed by atoms with Gasteiger partial charge in [-0.1, -0.05) is 23.7 Å². The summed E-state index contributed by atoms with van der Waals surface area (Å²) in [5.74, 6) is -1.79. The molecule has 2 atom stereocenters. The summed E-state index contributed by atoms with van der Waals surface area (Å²) in [7, 11) is 0. The van der Waals surface area contributed by atoms with Gasteiger partial charge in [-0.2, -0.15) is 5.10 Å². The Morgan fingerprint density at radius 1 is 1.15 bits per heavy atom. The third kappa shape index (κ3) is 5.29. The van der Waals surface area contributed by atoms with Crippen LogP contribution in [-0.4, -0.2) is 72.4 Å². The summed E-state index contributed by atoms with van der Waals surface area (Å²) in [6, 6.07) is 8.57. The van der Waals surface area contributed by atoms with E-state index in [4.69, 9.17) is 17.3 Å². The van der Waals surface area contributed by atoms with Crippen LogP contribution >= 0.6 is 11.6 Å². The maximum absolute atomic E-state index is 14.4. The number of pyridine rings is 1. The number of carbonyl (C=O) groups is 4. The molecule has 0 radical (unpaired) electrons. The van der Waals surface area contributed by atoms with E-state index < -0.39 is 29.9 Å². The first kappa shape index (κ1) is 25.9. The Balaban J connectivity index is 1.41. The number of hydrogen-bond acceptors (Lipinski definition) is 8. The molecule has 1 saturated heterocycles. The van der Waals surface area contributed by atoms with Gasteiger partial charge in [0.1, 0.15) is 29.7 Å². The molecule has 0 saturated carbocycles. The van der Waals surface area contributed by atoms with Crippen LogP contribution in [0.4, 0.5) is 10.2 Å². The summed E-state index contributed by atoms with van der Waals surface area (Å²) in [6.07, 6.45) is 1.86. The van der Waals surface area contributed by atoms with Crippen molar-refractivity contribution in [1.82, 2.24) is 29.6 Å². The molecule has 12 nitrogen and oxygen atoms in total. The second-order valence-electron chi connectivity index (χ2n) is 8.78. The van der Waals surface area contributed by atoms with Crippen molar-refractivity contribution in [2.45, 2.75) is 25.2 Å². The number of benzene rings is 1. The van der Waals surface area contributed by atoms with Gasteiger partial charge in [-0.3, -0.25) is 23.9 Å². The smallest absolute Gasteiger partial charge is 0.269 e. The van der Waals surface area contributed by atoms with Crippen molar-refractivity contribution in [2.75, 3.05) is 11.9 Å². The normalized spacial score (nSPS) is 16.8. The van der Waals surface area contributed by atoms with Crippen LogP contribution in [0.5, 0.6) is 0 Å². The molecule has 1 aliphatic heterocycles. The Morgan fingerprint density at radius 3 is 2.62 bits per heavy atom.